The quantitative estimate of drug-likeness (QED) is 0.569. The molecule has 8 heteroatoms. The van der Waals surface area contributed by atoms with Crippen LogP contribution in [0.1, 0.15) is 30.4 Å². The highest BCUT2D eigenvalue weighted by atomic mass is 32.2. The first-order valence-electron chi connectivity index (χ1n) is 10.3. The second-order valence-corrected chi connectivity index (χ2v) is 9.74. The first-order chi connectivity index (χ1) is 14.8. The summed E-state index contributed by atoms with van der Waals surface area (Å²) in [6.07, 6.45) is 2.06. The number of carbonyl (C=O) groups is 2. The van der Waals surface area contributed by atoms with Crippen molar-refractivity contribution in [1.29, 1.82) is 0 Å². The molecule has 0 radical (unpaired) electrons. The van der Waals surface area contributed by atoms with Crippen LogP contribution in [0.2, 0.25) is 0 Å². The van der Waals surface area contributed by atoms with Gasteiger partial charge in [0.05, 0.1) is 17.2 Å². The third kappa shape index (κ3) is 6.55. The van der Waals surface area contributed by atoms with Crippen LogP contribution in [0.25, 0.3) is 0 Å². The van der Waals surface area contributed by atoms with Crippen molar-refractivity contribution in [1.82, 2.24) is 5.32 Å². The van der Waals surface area contributed by atoms with E-state index >= 15 is 0 Å². The minimum atomic E-state index is -3.86. The van der Waals surface area contributed by atoms with Gasteiger partial charge >= 0.3 is 5.97 Å². The van der Waals surface area contributed by atoms with E-state index in [1.165, 1.54) is 4.31 Å². The number of aryl methyl sites for hydroxylation is 2. The Morgan fingerprint density at radius 3 is 2.16 bits per heavy atom. The second kappa shape index (κ2) is 9.96. The Balaban J connectivity index is 1.66. The van der Waals surface area contributed by atoms with Crippen LogP contribution in [0.3, 0.4) is 0 Å². The summed E-state index contributed by atoms with van der Waals surface area (Å²) in [5.74, 6) is -0.447. The van der Waals surface area contributed by atoms with Crippen molar-refractivity contribution < 1.29 is 22.7 Å². The molecule has 31 heavy (non-hydrogen) atoms. The summed E-state index contributed by atoms with van der Waals surface area (Å²) in [7, 11) is -3.86. The van der Waals surface area contributed by atoms with E-state index < -0.39 is 21.9 Å². The highest BCUT2D eigenvalue weighted by Crippen LogP contribution is 2.28. The minimum Gasteiger partial charge on any atom is -0.464 e. The smallest absolute Gasteiger partial charge is 0.325 e. The summed E-state index contributed by atoms with van der Waals surface area (Å²) >= 11 is 0. The summed E-state index contributed by atoms with van der Waals surface area (Å²) in [6.45, 7) is 3.92. The molecule has 1 amide bonds. The average Bonchev–Trinajstić information content (AvgIpc) is 3.57. The highest BCUT2D eigenvalue weighted by molar-refractivity contribution is 7.92. The van der Waals surface area contributed by atoms with E-state index in [1.807, 2.05) is 26.0 Å². The van der Waals surface area contributed by atoms with Gasteiger partial charge in [0.25, 0.3) is 10.0 Å². The first-order valence-corrected chi connectivity index (χ1v) is 11.8. The maximum Gasteiger partial charge on any atom is 0.325 e. The van der Waals surface area contributed by atoms with Crippen LogP contribution in [0.4, 0.5) is 5.69 Å². The van der Waals surface area contributed by atoms with E-state index in [2.05, 4.69) is 5.32 Å². The van der Waals surface area contributed by atoms with Gasteiger partial charge in [0.15, 0.2) is 0 Å². The zero-order valence-corrected chi connectivity index (χ0v) is 18.7. The van der Waals surface area contributed by atoms with Gasteiger partial charge in [-0.25, -0.2) is 8.42 Å². The highest BCUT2D eigenvalue weighted by Gasteiger charge is 2.26. The van der Waals surface area contributed by atoms with E-state index in [0.717, 1.165) is 24.0 Å². The zero-order valence-electron chi connectivity index (χ0n) is 17.8. The van der Waals surface area contributed by atoms with Gasteiger partial charge < -0.3 is 10.1 Å². The summed E-state index contributed by atoms with van der Waals surface area (Å²) in [5, 5.41) is 2.51. The van der Waals surface area contributed by atoms with Crippen LogP contribution in [-0.4, -0.2) is 40.0 Å². The molecule has 3 rings (SSSR count). The second-order valence-electron chi connectivity index (χ2n) is 7.88. The molecule has 0 atom stereocenters. The van der Waals surface area contributed by atoms with E-state index in [-0.39, 0.29) is 24.4 Å². The topological polar surface area (TPSA) is 92.8 Å². The van der Waals surface area contributed by atoms with Crippen LogP contribution in [0, 0.1) is 19.8 Å². The number of rotatable bonds is 10. The SMILES string of the molecule is Cc1ccc(N(CCC(=O)NCC(=O)OCC2CC2)S(=O)(=O)c2ccc(C)cc2)cc1. The van der Waals surface area contributed by atoms with Crippen LogP contribution >= 0.6 is 0 Å². The standard InChI is InChI=1S/C23H28N2O5S/c1-17-3-9-20(10-4-17)25(31(28,29)21-11-5-18(2)6-12-21)14-13-22(26)24-15-23(27)30-16-19-7-8-19/h3-6,9-12,19H,7-8,13-16H2,1-2H3,(H,24,26). The molecular weight excluding hydrogens is 416 g/mol. The van der Waals surface area contributed by atoms with Gasteiger partial charge in [0.2, 0.25) is 5.91 Å². The molecule has 0 saturated heterocycles. The summed E-state index contributed by atoms with van der Waals surface area (Å²) in [6, 6.07) is 13.7. The predicted molar refractivity (Wildman–Crippen MR) is 118 cm³/mol. The lowest BCUT2D eigenvalue weighted by molar-refractivity contribution is -0.144. The van der Waals surface area contributed by atoms with Gasteiger partial charge in [-0.3, -0.25) is 13.9 Å². The molecular formula is C23H28N2O5S. The molecule has 0 heterocycles. The van der Waals surface area contributed by atoms with Crippen molar-refractivity contribution >= 4 is 27.6 Å². The van der Waals surface area contributed by atoms with Gasteiger partial charge in [-0.05, 0) is 56.9 Å². The molecule has 0 unspecified atom stereocenters. The molecule has 1 aliphatic rings. The Kier molecular flexibility index (Phi) is 7.33. The van der Waals surface area contributed by atoms with Crippen molar-refractivity contribution in [2.45, 2.75) is 38.0 Å². The average molecular weight is 445 g/mol. The number of amides is 1. The van der Waals surface area contributed by atoms with Gasteiger partial charge in [0, 0.05) is 13.0 Å². The number of anilines is 1. The lowest BCUT2D eigenvalue weighted by Gasteiger charge is -2.24. The third-order valence-electron chi connectivity index (χ3n) is 5.08. The van der Waals surface area contributed by atoms with E-state index in [9.17, 15) is 18.0 Å². The molecule has 0 aromatic heterocycles. The monoisotopic (exact) mass is 444 g/mol. The van der Waals surface area contributed by atoms with E-state index in [0.29, 0.717) is 18.2 Å². The van der Waals surface area contributed by atoms with Crippen molar-refractivity contribution in [3.05, 3.63) is 59.7 Å². The summed E-state index contributed by atoms with van der Waals surface area (Å²) < 4.78 is 32.9. The Morgan fingerprint density at radius 2 is 1.58 bits per heavy atom. The largest absolute Gasteiger partial charge is 0.464 e. The maximum absolute atomic E-state index is 13.3. The Morgan fingerprint density at radius 1 is 1.00 bits per heavy atom. The van der Waals surface area contributed by atoms with Crippen LogP contribution < -0.4 is 9.62 Å². The fourth-order valence-electron chi connectivity index (χ4n) is 2.95. The lowest BCUT2D eigenvalue weighted by Crippen LogP contribution is -2.37. The number of nitrogens with zero attached hydrogens (tertiary/aromatic N) is 1. The number of carbonyl (C=O) groups excluding carboxylic acids is 2. The van der Waals surface area contributed by atoms with Gasteiger partial charge in [0.1, 0.15) is 6.54 Å². The number of sulfonamides is 1. The fourth-order valence-corrected chi connectivity index (χ4v) is 4.41. The van der Waals surface area contributed by atoms with Crippen LogP contribution in [0.5, 0.6) is 0 Å². The number of nitrogens with one attached hydrogen (secondary N) is 1. The Bertz CT molecular complexity index is 1010. The van der Waals surface area contributed by atoms with Crippen molar-refractivity contribution in [2.24, 2.45) is 5.92 Å². The number of ether oxygens (including phenoxy) is 1. The number of hydrogen-bond donors (Lipinski definition) is 1. The predicted octanol–water partition coefficient (Wildman–Crippen LogP) is 2.96. The molecule has 1 N–H and O–H groups in total. The van der Waals surface area contributed by atoms with Crippen molar-refractivity contribution in [2.75, 3.05) is 24.0 Å². The normalized spacial score (nSPS) is 13.5. The molecule has 7 nitrogen and oxygen atoms in total. The van der Waals surface area contributed by atoms with Crippen LogP contribution in [-0.2, 0) is 24.3 Å². The van der Waals surface area contributed by atoms with Crippen LogP contribution in [0.15, 0.2) is 53.4 Å². The fraction of sp³-hybridized carbons (Fsp3) is 0.391. The molecule has 1 saturated carbocycles. The molecule has 1 fully saturated rings. The Hall–Kier alpha value is -2.87. The van der Waals surface area contributed by atoms with Gasteiger partial charge in [-0.2, -0.15) is 0 Å². The molecule has 0 aliphatic heterocycles. The maximum atomic E-state index is 13.3. The Labute approximate surface area is 183 Å². The molecule has 0 bridgehead atoms. The molecule has 2 aromatic rings. The van der Waals surface area contributed by atoms with Crippen molar-refractivity contribution in [3.63, 3.8) is 0 Å². The number of benzene rings is 2. The minimum absolute atomic E-state index is 0.0533. The molecule has 166 valence electrons. The van der Waals surface area contributed by atoms with Crippen molar-refractivity contribution in [3.8, 4) is 0 Å². The van der Waals surface area contributed by atoms with Gasteiger partial charge in [-0.15, -0.1) is 0 Å². The summed E-state index contributed by atoms with van der Waals surface area (Å²) in [5.41, 5.74) is 2.43. The summed E-state index contributed by atoms with van der Waals surface area (Å²) in [4.78, 5) is 24.1. The van der Waals surface area contributed by atoms with E-state index in [1.54, 1.807) is 36.4 Å². The van der Waals surface area contributed by atoms with E-state index in [4.69, 9.17) is 4.74 Å². The zero-order chi connectivity index (χ0) is 22.4. The first kappa shape index (κ1) is 22.8. The molecule has 1 aliphatic carbocycles. The third-order valence-corrected chi connectivity index (χ3v) is 6.92. The molecule has 2 aromatic carbocycles. The number of esters is 1. The van der Waals surface area contributed by atoms with Gasteiger partial charge in [-0.1, -0.05) is 35.4 Å². The lowest BCUT2D eigenvalue weighted by atomic mass is 10.2. The number of hydrogen-bond acceptors (Lipinski definition) is 5. The molecule has 0 spiro atoms.